The van der Waals surface area contributed by atoms with Crippen molar-refractivity contribution in [1.29, 1.82) is 0 Å². The van der Waals surface area contributed by atoms with Crippen molar-refractivity contribution in [2.24, 2.45) is 4.99 Å². The first kappa shape index (κ1) is 48.0. The van der Waals surface area contributed by atoms with Crippen molar-refractivity contribution >= 4 is 33.2 Å². The zero-order valence-electron chi connectivity index (χ0n) is 33.7. The average molecular weight is 687 g/mol. The third-order valence-electron chi connectivity index (χ3n) is 6.18. The summed E-state index contributed by atoms with van der Waals surface area (Å²) in [6, 6.07) is 42.9. The van der Waals surface area contributed by atoms with Gasteiger partial charge in [-0.2, -0.15) is 0 Å². The van der Waals surface area contributed by atoms with Gasteiger partial charge in [-0.05, 0) is 42.1 Å². The summed E-state index contributed by atoms with van der Waals surface area (Å²) in [5, 5.41) is 6.96. The minimum atomic E-state index is 1.01. The van der Waals surface area contributed by atoms with Crippen LogP contribution in [0.15, 0.2) is 157 Å². The minimum Gasteiger partial charge on any atom is -0.344 e. The van der Waals surface area contributed by atoms with Crippen molar-refractivity contribution in [3.8, 4) is 11.3 Å². The highest BCUT2D eigenvalue weighted by Gasteiger charge is 2.01. The number of allylic oxidation sites excluding steroid dienone is 1. The molecule has 1 N–H and O–H groups in total. The third kappa shape index (κ3) is 19.0. The van der Waals surface area contributed by atoms with E-state index in [0.29, 0.717) is 0 Å². The Bertz CT molecular complexity index is 1570. The van der Waals surface area contributed by atoms with Gasteiger partial charge in [0.05, 0.1) is 11.2 Å². The maximum Gasteiger partial charge on any atom is 0.106 e. The van der Waals surface area contributed by atoms with E-state index in [2.05, 4.69) is 81.0 Å². The molecule has 0 radical (unpaired) electrons. The van der Waals surface area contributed by atoms with Crippen LogP contribution in [-0.2, 0) is 0 Å². The zero-order chi connectivity index (χ0) is 38.5. The summed E-state index contributed by atoms with van der Waals surface area (Å²) in [7, 11) is 0. The van der Waals surface area contributed by atoms with Crippen LogP contribution in [0.4, 0.5) is 5.69 Å². The van der Waals surface area contributed by atoms with E-state index in [-0.39, 0.29) is 0 Å². The summed E-state index contributed by atoms with van der Waals surface area (Å²) in [5.41, 5.74) is 4.39. The Hall–Kier alpha value is -5.09. The van der Waals surface area contributed by atoms with Gasteiger partial charge in [0, 0.05) is 47.0 Å². The molecule has 4 nitrogen and oxygen atoms in total. The molecule has 0 atom stereocenters. The summed E-state index contributed by atoms with van der Waals surface area (Å²) in [5.74, 6) is 1.05. The number of nitrogens with zero attached hydrogens (tertiary/aromatic N) is 3. The van der Waals surface area contributed by atoms with Crippen LogP contribution in [0.1, 0.15) is 95.9 Å². The molecule has 4 aromatic carbocycles. The summed E-state index contributed by atoms with van der Waals surface area (Å²) in [6.45, 7) is 24.0. The second kappa shape index (κ2) is 34.8. The lowest BCUT2D eigenvalue weighted by atomic mass is 10.1. The number of aromatic nitrogens is 2. The van der Waals surface area contributed by atoms with Gasteiger partial charge < -0.3 is 5.32 Å². The molecule has 1 aliphatic rings. The number of nitrogens with one attached hydrogen (secondary N) is 1. The molecule has 0 aliphatic carbocycles. The Morgan fingerprint density at radius 3 is 1.59 bits per heavy atom. The monoisotopic (exact) mass is 687 g/mol. The van der Waals surface area contributed by atoms with Crippen LogP contribution in [0.3, 0.4) is 0 Å². The molecule has 51 heavy (non-hydrogen) atoms. The molecule has 0 saturated carbocycles. The molecule has 0 amide bonds. The fraction of sp³-hybridized carbons (Fsp3) is 0.298. The Labute approximate surface area is 311 Å². The highest BCUT2D eigenvalue weighted by atomic mass is 15.0. The molecule has 7 rings (SSSR count). The minimum absolute atomic E-state index is 1.01. The molecule has 0 spiro atoms. The quantitative estimate of drug-likeness (QED) is 0.184. The number of fused-ring (bicyclic) bond motifs is 3. The van der Waals surface area contributed by atoms with Crippen LogP contribution in [-0.4, -0.2) is 15.8 Å². The number of benzene rings is 4. The lowest BCUT2D eigenvalue weighted by Crippen LogP contribution is -2.12. The fourth-order valence-electron chi connectivity index (χ4n) is 4.24. The van der Waals surface area contributed by atoms with Crippen molar-refractivity contribution in [1.82, 2.24) is 9.97 Å². The van der Waals surface area contributed by atoms with Crippen LogP contribution in [0.2, 0.25) is 0 Å². The molecule has 4 heteroatoms. The fourth-order valence-corrected chi connectivity index (χ4v) is 4.24. The van der Waals surface area contributed by atoms with E-state index in [1.165, 1.54) is 16.2 Å². The van der Waals surface area contributed by atoms with Gasteiger partial charge in [-0.15, -0.1) is 0 Å². The van der Waals surface area contributed by atoms with Gasteiger partial charge in [0.2, 0.25) is 0 Å². The molecule has 0 bridgehead atoms. The summed E-state index contributed by atoms with van der Waals surface area (Å²) in [4.78, 5) is 12.9. The molecule has 3 heterocycles. The highest BCUT2D eigenvalue weighted by Crippen LogP contribution is 2.22. The summed E-state index contributed by atoms with van der Waals surface area (Å²) >= 11 is 0. The number of amidine groups is 1. The smallest absolute Gasteiger partial charge is 0.106 e. The molecule has 2 aromatic heterocycles. The molecule has 0 saturated heterocycles. The molecular weight excluding hydrogens is 621 g/mol. The first-order valence-electron chi connectivity index (χ1n) is 19.1. The number of aliphatic imine (C=N–C) groups is 1. The second-order valence-electron chi connectivity index (χ2n) is 8.93. The Morgan fingerprint density at radius 1 is 0.471 bits per heavy atom. The largest absolute Gasteiger partial charge is 0.344 e. The Balaban J connectivity index is 0. The van der Waals surface area contributed by atoms with Crippen LogP contribution < -0.4 is 5.32 Å². The summed E-state index contributed by atoms with van der Waals surface area (Å²) < 4.78 is 0. The predicted molar refractivity (Wildman–Crippen MR) is 233 cm³/mol. The summed E-state index contributed by atoms with van der Waals surface area (Å²) in [6.07, 6.45) is 9.67. The van der Waals surface area contributed by atoms with E-state index in [0.717, 1.165) is 41.1 Å². The van der Waals surface area contributed by atoms with E-state index in [1.54, 1.807) is 0 Å². The predicted octanol–water partition coefficient (Wildman–Crippen LogP) is 15.1. The van der Waals surface area contributed by atoms with Gasteiger partial charge in [-0.3, -0.25) is 9.97 Å². The van der Waals surface area contributed by atoms with Crippen molar-refractivity contribution in [2.45, 2.75) is 95.9 Å². The first-order valence-corrected chi connectivity index (χ1v) is 19.1. The molecule has 274 valence electrons. The number of rotatable bonds is 2. The number of pyridine rings is 2. The van der Waals surface area contributed by atoms with E-state index in [9.17, 15) is 0 Å². The molecule has 6 aromatic rings. The standard InChI is InChI=1S/C13H9N.C11H12N2.C11H9N.6C2H6/c1-2-6-12-10(4-1)7-8-11-5-3-9-14-13(11)12;1-2-6-10(7-3-1)13-11-8-4-5-9-12-11;1-2-6-10(7-3-1)11-8-4-5-9-12-11;6*1-2/h1-9H;1-3,5-7,9H,4,8H2,(H,12,13);1-9H;6*1-2H3. The topological polar surface area (TPSA) is 50.2 Å². The van der Waals surface area contributed by atoms with Gasteiger partial charge in [0.15, 0.2) is 0 Å². The van der Waals surface area contributed by atoms with Crippen molar-refractivity contribution < 1.29 is 0 Å². The average Bonchev–Trinajstić information content (AvgIpc) is 3.27. The van der Waals surface area contributed by atoms with Gasteiger partial charge in [0.25, 0.3) is 0 Å². The van der Waals surface area contributed by atoms with Gasteiger partial charge >= 0.3 is 0 Å². The Kier molecular flexibility index (Phi) is 32.7. The van der Waals surface area contributed by atoms with Crippen LogP contribution in [0.5, 0.6) is 0 Å². The van der Waals surface area contributed by atoms with Crippen molar-refractivity contribution in [2.75, 3.05) is 5.32 Å². The van der Waals surface area contributed by atoms with Crippen LogP contribution in [0.25, 0.3) is 32.9 Å². The van der Waals surface area contributed by atoms with E-state index in [1.807, 2.05) is 174 Å². The van der Waals surface area contributed by atoms with E-state index < -0.39 is 0 Å². The lowest BCUT2D eigenvalue weighted by molar-refractivity contribution is 1.05. The van der Waals surface area contributed by atoms with E-state index >= 15 is 0 Å². The normalized spacial score (nSPS) is 9.84. The first-order chi connectivity index (χ1) is 25.4. The highest BCUT2D eigenvalue weighted by molar-refractivity contribution is 6.04. The molecule has 1 aliphatic heterocycles. The molecule has 0 unspecified atom stereocenters. The Morgan fingerprint density at radius 2 is 1.00 bits per heavy atom. The molecular formula is C47H66N4. The van der Waals surface area contributed by atoms with Gasteiger partial charge in [-0.25, -0.2) is 4.99 Å². The van der Waals surface area contributed by atoms with Crippen LogP contribution in [0, 0.1) is 0 Å². The molecule has 0 fully saturated rings. The van der Waals surface area contributed by atoms with Gasteiger partial charge in [0.1, 0.15) is 5.84 Å². The van der Waals surface area contributed by atoms with E-state index in [4.69, 9.17) is 0 Å². The number of hydrogen-bond acceptors (Lipinski definition) is 4. The zero-order valence-corrected chi connectivity index (χ0v) is 33.7. The number of hydrogen-bond donors (Lipinski definition) is 1. The maximum absolute atomic E-state index is 4.41. The third-order valence-corrected chi connectivity index (χ3v) is 6.18. The van der Waals surface area contributed by atoms with Crippen molar-refractivity contribution in [3.63, 3.8) is 0 Å². The number of anilines is 1. The lowest BCUT2D eigenvalue weighted by Gasteiger charge is -2.10. The van der Waals surface area contributed by atoms with Gasteiger partial charge in [-0.1, -0.05) is 186 Å². The van der Waals surface area contributed by atoms with Crippen molar-refractivity contribution in [3.05, 3.63) is 152 Å². The number of para-hydroxylation sites is 1. The maximum atomic E-state index is 4.41. The second-order valence-corrected chi connectivity index (χ2v) is 8.93. The van der Waals surface area contributed by atoms with Crippen LogP contribution >= 0.6 is 0 Å². The SMILES string of the molecule is C1=CN=C(Nc2ccccc2)CC1.CC.CC.CC.CC.CC.CC.c1ccc(-c2ccccn2)cc1.c1ccc2c(c1)ccc1cccnc12.